The zero-order valence-electron chi connectivity index (χ0n) is 14.5. The van der Waals surface area contributed by atoms with Crippen molar-refractivity contribution in [1.82, 2.24) is 15.1 Å². The fraction of sp³-hybridized carbons (Fsp3) is 0.722. The molecule has 2 aliphatic rings. The number of carbonyl (C=O) groups is 1. The van der Waals surface area contributed by atoms with Crippen LogP contribution in [-0.2, 0) is 11.3 Å². The summed E-state index contributed by atoms with van der Waals surface area (Å²) in [7, 11) is 0. The quantitative estimate of drug-likeness (QED) is 0.866. The van der Waals surface area contributed by atoms with E-state index in [9.17, 15) is 4.79 Å². The Morgan fingerprint density at radius 1 is 1.29 bits per heavy atom. The fourth-order valence-corrected chi connectivity index (χ4v) is 4.93. The molecule has 0 bridgehead atoms. The van der Waals surface area contributed by atoms with Gasteiger partial charge in [-0.2, -0.15) is 0 Å². The summed E-state index contributed by atoms with van der Waals surface area (Å²) >= 11 is 7.65. The van der Waals surface area contributed by atoms with Crippen LogP contribution >= 0.6 is 22.9 Å². The second-order valence-corrected chi connectivity index (χ2v) is 8.93. The summed E-state index contributed by atoms with van der Waals surface area (Å²) < 4.78 is 0.853. The van der Waals surface area contributed by atoms with E-state index in [4.69, 9.17) is 11.6 Å². The number of amides is 1. The Balaban J connectivity index is 1.41. The van der Waals surface area contributed by atoms with Gasteiger partial charge in [-0.15, -0.1) is 11.3 Å². The Labute approximate surface area is 154 Å². The summed E-state index contributed by atoms with van der Waals surface area (Å²) in [6, 6.07) is 4.06. The standard InChI is InChI=1S/C18H28ClN3OS/c1-14(15-4-6-20-7-5-15)12-18(23)22-10-8-21(9-11-22)13-16-2-3-17(19)24-16/h2-3,14-15,20H,4-13H2,1H3. The van der Waals surface area contributed by atoms with Crippen molar-refractivity contribution in [2.24, 2.45) is 11.8 Å². The lowest BCUT2D eigenvalue weighted by Crippen LogP contribution is -2.48. The van der Waals surface area contributed by atoms with Crippen molar-refractivity contribution >= 4 is 28.8 Å². The van der Waals surface area contributed by atoms with Crippen LogP contribution in [0.2, 0.25) is 4.34 Å². The zero-order valence-corrected chi connectivity index (χ0v) is 16.0. The lowest BCUT2D eigenvalue weighted by molar-refractivity contribution is -0.134. The molecule has 1 amide bonds. The van der Waals surface area contributed by atoms with Crippen molar-refractivity contribution in [3.8, 4) is 0 Å². The summed E-state index contributed by atoms with van der Waals surface area (Å²) in [5.41, 5.74) is 0. The summed E-state index contributed by atoms with van der Waals surface area (Å²) in [5.74, 6) is 1.56. The van der Waals surface area contributed by atoms with E-state index in [-0.39, 0.29) is 0 Å². The number of nitrogens with zero attached hydrogens (tertiary/aromatic N) is 2. The van der Waals surface area contributed by atoms with Gasteiger partial charge < -0.3 is 10.2 Å². The van der Waals surface area contributed by atoms with Crippen LogP contribution in [0.1, 0.15) is 31.1 Å². The molecular weight excluding hydrogens is 342 g/mol. The van der Waals surface area contributed by atoms with Gasteiger partial charge in [-0.05, 0) is 49.9 Å². The summed E-state index contributed by atoms with van der Waals surface area (Å²) in [6.07, 6.45) is 3.14. The number of thiophene rings is 1. The third kappa shape index (κ3) is 4.94. The van der Waals surface area contributed by atoms with Gasteiger partial charge in [0.15, 0.2) is 0 Å². The molecule has 2 saturated heterocycles. The molecule has 3 heterocycles. The topological polar surface area (TPSA) is 35.6 Å². The molecule has 3 rings (SSSR count). The monoisotopic (exact) mass is 369 g/mol. The molecule has 1 atom stereocenters. The van der Waals surface area contributed by atoms with Gasteiger partial charge in [0.25, 0.3) is 0 Å². The average molecular weight is 370 g/mol. The third-order valence-corrected chi connectivity index (χ3v) is 6.63. The fourth-order valence-electron chi connectivity index (χ4n) is 3.80. The van der Waals surface area contributed by atoms with Crippen molar-refractivity contribution in [2.45, 2.75) is 32.7 Å². The molecule has 0 radical (unpaired) electrons. The lowest BCUT2D eigenvalue weighted by Gasteiger charge is -2.36. The molecule has 2 aliphatic heterocycles. The number of piperidine rings is 1. The van der Waals surface area contributed by atoms with E-state index in [0.29, 0.717) is 24.2 Å². The molecule has 4 nitrogen and oxygen atoms in total. The maximum Gasteiger partial charge on any atom is 0.222 e. The highest BCUT2D eigenvalue weighted by molar-refractivity contribution is 7.16. The number of halogens is 1. The predicted octanol–water partition coefficient (Wildman–Crippen LogP) is 3.07. The largest absolute Gasteiger partial charge is 0.340 e. The van der Waals surface area contributed by atoms with Gasteiger partial charge in [-0.25, -0.2) is 0 Å². The van der Waals surface area contributed by atoms with Crippen LogP contribution in [0.4, 0.5) is 0 Å². The van der Waals surface area contributed by atoms with Crippen LogP contribution in [0.3, 0.4) is 0 Å². The zero-order chi connectivity index (χ0) is 16.9. The molecule has 1 aromatic rings. The van der Waals surface area contributed by atoms with Crippen LogP contribution in [-0.4, -0.2) is 55.0 Å². The Hall–Kier alpha value is -0.620. The van der Waals surface area contributed by atoms with E-state index in [1.807, 2.05) is 6.07 Å². The molecule has 0 aromatic carbocycles. The molecule has 1 N–H and O–H groups in total. The van der Waals surface area contributed by atoms with Gasteiger partial charge in [0, 0.05) is 44.0 Å². The van der Waals surface area contributed by atoms with E-state index in [0.717, 1.165) is 50.1 Å². The van der Waals surface area contributed by atoms with Crippen molar-refractivity contribution in [1.29, 1.82) is 0 Å². The molecule has 0 aliphatic carbocycles. The van der Waals surface area contributed by atoms with E-state index in [1.165, 1.54) is 17.7 Å². The number of carbonyl (C=O) groups excluding carboxylic acids is 1. The second kappa shape index (κ2) is 8.65. The SMILES string of the molecule is CC(CC(=O)N1CCN(Cc2ccc(Cl)s2)CC1)C1CCNCC1. The average Bonchev–Trinajstić information content (AvgIpc) is 3.01. The summed E-state index contributed by atoms with van der Waals surface area (Å²) in [5, 5.41) is 3.40. The minimum absolute atomic E-state index is 0.347. The minimum atomic E-state index is 0.347. The molecule has 1 aromatic heterocycles. The molecule has 0 spiro atoms. The highest BCUT2D eigenvalue weighted by Gasteiger charge is 2.26. The number of nitrogens with one attached hydrogen (secondary N) is 1. The molecular formula is C18H28ClN3OS. The molecule has 134 valence electrons. The van der Waals surface area contributed by atoms with Crippen molar-refractivity contribution < 1.29 is 4.79 Å². The van der Waals surface area contributed by atoms with E-state index >= 15 is 0 Å². The van der Waals surface area contributed by atoms with Crippen LogP contribution in [0.5, 0.6) is 0 Å². The molecule has 6 heteroatoms. The van der Waals surface area contributed by atoms with Gasteiger partial charge in [0.05, 0.1) is 4.34 Å². The smallest absolute Gasteiger partial charge is 0.222 e. The van der Waals surface area contributed by atoms with Crippen LogP contribution in [0, 0.1) is 11.8 Å². The van der Waals surface area contributed by atoms with Gasteiger partial charge in [-0.3, -0.25) is 9.69 Å². The first-order valence-corrected chi connectivity index (χ1v) is 10.3. The van der Waals surface area contributed by atoms with E-state index in [1.54, 1.807) is 11.3 Å². The van der Waals surface area contributed by atoms with Crippen molar-refractivity contribution in [3.05, 3.63) is 21.3 Å². The van der Waals surface area contributed by atoms with Gasteiger partial charge in [0.1, 0.15) is 0 Å². The van der Waals surface area contributed by atoms with Gasteiger partial charge >= 0.3 is 0 Å². The second-order valence-electron chi connectivity index (χ2n) is 7.13. The number of hydrogen-bond donors (Lipinski definition) is 1. The number of hydrogen-bond acceptors (Lipinski definition) is 4. The number of piperazine rings is 1. The maximum absolute atomic E-state index is 12.6. The Kier molecular flexibility index (Phi) is 6.56. The van der Waals surface area contributed by atoms with Crippen LogP contribution in [0.15, 0.2) is 12.1 Å². The molecule has 1 unspecified atom stereocenters. The highest BCUT2D eigenvalue weighted by atomic mass is 35.5. The molecule has 0 saturated carbocycles. The first kappa shape index (κ1) is 18.2. The predicted molar refractivity (Wildman–Crippen MR) is 101 cm³/mol. The first-order valence-electron chi connectivity index (χ1n) is 9.07. The first-order chi connectivity index (χ1) is 11.6. The van der Waals surface area contributed by atoms with E-state index < -0.39 is 0 Å². The van der Waals surface area contributed by atoms with E-state index in [2.05, 4.69) is 28.1 Å². The Morgan fingerprint density at radius 2 is 2.00 bits per heavy atom. The lowest BCUT2D eigenvalue weighted by atomic mass is 9.84. The van der Waals surface area contributed by atoms with Gasteiger partial charge in [-0.1, -0.05) is 18.5 Å². The highest BCUT2D eigenvalue weighted by Crippen LogP contribution is 2.26. The Morgan fingerprint density at radius 3 is 2.62 bits per heavy atom. The van der Waals surface area contributed by atoms with Crippen molar-refractivity contribution in [2.75, 3.05) is 39.3 Å². The summed E-state index contributed by atoms with van der Waals surface area (Å²) in [6.45, 7) is 9.05. The summed E-state index contributed by atoms with van der Waals surface area (Å²) in [4.78, 5) is 18.4. The van der Waals surface area contributed by atoms with Gasteiger partial charge in [0.2, 0.25) is 5.91 Å². The normalized spacial score (nSPS) is 21.8. The third-order valence-electron chi connectivity index (χ3n) is 5.42. The molecule has 24 heavy (non-hydrogen) atoms. The van der Waals surface area contributed by atoms with Crippen LogP contribution < -0.4 is 5.32 Å². The van der Waals surface area contributed by atoms with Crippen LogP contribution in [0.25, 0.3) is 0 Å². The Bertz CT molecular complexity index is 536. The van der Waals surface area contributed by atoms with Crippen molar-refractivity contribution in [3.63, 3.8) is 0 Å². The number of rotatable bonds is 5. The molecule has 2 fully saturated rings. The minimum Gasteiger partial charge on any atom is -0.340 e. The maximum atomic E-state index is 12.6.